The van der Waals surface area contributed by atoms with Crippen molar-refractivity contribution in [3.05, 3.63) is 47.8 Å². The number of hydrogen-bond acceptors (Lipinski definition) is 3. The van der Waals surface area contributed by atoms with Gasteiger partial charge in [-0.05, 0) is 44.7 Å². The molecule has 0 spiro atoms. The lowest BCUT2D eigenvalue weighted by atomic mass is 9.91. The van der Waals surface area contributed by atoms with Gasteiger partial charge in [-0.1, -0.05) is 18.2 Å². The van der Waals surface area contributed by atoms with Crippen molar-refractivity contribution in [2.24, 2.45) is 5.73 Å². The van der Waals surface area contributed by atoms with Crippen molar-refractivity contribution >= 4 is 18.3 Å². The molecule has 1 aliphatic carbocycles. The molecule has 1 fully saturated rings. The summed E-state index contributed by atoms with van der Waals surface area (Å²) in [7, 11) is 0. The van der Waals surface area contributed by atoms with Gasteiger partial charge in [-0.3, -0.25) is 4.79 Å². The van der Waals surface area contributed by atoms with E-state index in [9.17, 15) is 4.79 Å². The Hall–Kier alpha value is -1.85. The number of nitrogens with zero attached hydrogens (tertiary/aromatic N) is 2. The number of carbonyl (C=O) groups is 1. The fourth-order valence-electron chi connectivity index (χ4n) is 2.99. The molecule has 6 heteroatoms. The van der Waals surface area contributed by atoms with Crippen LogP contribution in [-0.2, 0) is 0 Å². The van der Waals surface area contributed by atoms with Crippen LogP contribution in [0.5, 0.6) is 0 Å². The summed E-state index contributed by atoms with van der Waals surface area (Å²) >= 11 is 0. The van der Waals surface area contributed by atoms with Crippen molar-refractivity contribution in [1.82, 2.24) is 15.1 Å². The molecule has 0 unspecified atom stereocenters. The standard InChI is InChI=1S/C17H22N4O.ClH/c1-12-16(11-19-21(12)15-5-3-2-4-6-15)17(22)20-14-9-7-13(18)8-10-14;/h2-6,11,13-14H,7-10,18H2,1H3,(H,20,22);1H. The van der Waals surface area contributed by atoms with E-state index in [4.69, 9.17) is 5.73 Å². The molecule has 1 aromatic heterocycles. The van der Waals surface area contributed by atoms with E-state index >= 15 is 0 Å². The second kappa shape index (κ2) is 7.62. The van der Waals surface area contributed by atoms with Gasteiger partial charge in [-0.25, -0.2) is 4.68 Å². The van der Waals surface area contributed by atoms with E-state index in [0.29, 0.717) is 5.56 Å². The highest BCUT2D eigenvalue weighted by Crippen LogP contribution is 2.19. The number of para-hydroxylation sites is 1. The average molecular weight is 335 g/mol. The largest absolute Gasteiger partial charge is 0.349 e. The maximum atomic E-state index is 12.5. The van der Waals surface area contributed by atoms with Crippen LogP contribution in [0.3, 0.4) is 0 Å². The third-order valence-electron chi connectivity index (χ3n) is 4.36. The molecule has 2 aromatic rings. The summed E-state index contributed by atoms with van der Waals surface area (Å²) in [5, 5.41) is 7.46. The van der Waals surface area contributed by atoms with Gasteiger partial charge in [0, 0.05) is 12.1 Å². The minimum Gasteiger partial charge on any atom is -0.349 e. The molecule has 3 rings (SSSR count). The molecular formula is C17H23ClN4O. The number of aromatic nitrogens is 2. The highest BCUT2D eigenvalue weighted by Gasteiger charge is 2.22. The van der Waals surface area contributed by atoms with Crippen molar-refractivity contribution in [2.45, 2.75) is 44.7 Å². The minimum atomic E-state index is -0.0415. The number of hydrogen-bond donors (Lipinski definition) is 2. The van der Waals surface area contributed by atoms with Crippen molar-refractivity contribution < 1.29 is 4.79 Å². The molecule has 0 bridgehead atoms. The zero-order valence-corrected chi connectivity index (χ0v) is 14.1. The summed E-state index contributed by atoms with van der Waals surface area (Å²) in [6, 6.07) is 10.4. The Morgan fingerprint density at radius 3 is 2.52 bits per heavy atom. The quantitative estimate of drug-likeness (QED) is 0.906. The first kappa shape index (κ1) is 17.5. The molecule has 0 saturated heterocycles. The molecule has 5 nitrogen and oxygen atoms in total. The van der Waals surface area contributed by atoms with Gasteiger partial charge in [0.2, 0.25) is 0 Å². The third-order valence-corrected chi connectivity index (χ3v) is 4.36. The lowest BCUT2D eigenvalue weighted by Crippen LogP contribution is -2.40. The Morgan fingerprint density at radius 1 is 1.22 bits per heavy atom. The fraction of sp³-hybridized carbons (Fsp3) is 0.412. The number of rotatable bonds is 3. The van der Waals surface area contributed by atoms with Gasteiger partial charge in [-0.15, -0.1) is 12.4 Å². The Bertz CT molecular complexity index is 648. The molecule has 1 aromatic carbocycles. The number of carbonyl (C=O) groups excluding carboxylic acids is 1. The van der Waals surface area contributed by atoms with E-state index in [1.54, 1.807) is 10.9 Å². The molecule has 124 valence electrons. The summed E-state index contributed by atoms with van der Waals surface area (Å²) in [4.78, 5) is 12.5. The molecule has 1 amide bonds. The topological polar surface area (TPSA) is 72.9 Å². The van der Waals surface area contributed by atoms with Gasteiger partial charge in [0.05, 0.1) is 23.1 Å². The van der Waals surface area contributed by atoms with Crippen LogP contribution in [0.4, 0.5) is 0 Å². The number of benzene rings is 1. The van der Waals surface area contributed by atoms with E-state index in [1.165, 1.54) is 0 Å². The summed E-state index contributed by atoms with van der Waals surface area (Å²) in [6.45, 7) is 1.92. The Balaban J connectivity index is 0.00000192. The molecule has 0 aliphatic heterocycles. The van der Waals surface area contributed by atoms with Gasteiger partial charge in [0.15, 0.2) is 0 Å². The van der Waals surface area contributed by atoms with E-state index in [1.807, 2.05) is 37.3 Å². The molecular weight excluding hydrogens is 312 g/mol. The normalized spacial score (nSPS) is 20.6. The fourth-order valence-corrected chi connectivity index (χ4v) is 2.99. The van der Waals surface area contributed by atoms with Crippen LogP contribution in [0.1, 0.15) is 41.7 Å². The molecule has 0 atom stereocenters. The SMILES string of the molecule is Cc1c(C(=O)NC2CCC(N)CC2)cnn1-c1ccccc1.Cl. The highest BCUT2D eigenvalue weighted by molar-refractivity contribution is 5.95. The first-order valence-electron chi connectivity index (χ1n) is 7.81. The predicted molar refractivity (Wildman–Crippen MR) is 93.2 cm³/mol. The number of halogens is 1. The van der Waals surface area contributed by atoms with Crippen LogP contribution in [0.25, 0.3) is 5.69 Å². The summed E-state index contributed by atoms with van der Waals surface area (Å²) in [5.74, 6) is -0.0415. The predicted octanol–water partition coefficient (Wildman–Crippen LogP) is 2.60. The van der Waals surface area contributed by atoms with Crippen LogP contribution in [0, 0.1) is 6.92 Å². The molecule has 0 radical (unpaired) electrons. The zero-order chi connectivity index (χ0) is 15.5. The van der Waals surface area contributed by atoms with Crippen LogP contribution in [0.2, 0.25) is 0 Å². The first-order valence-corrected chi connectivity index (χ1v) is 7.81. The Labute approximate surface area is 142 Å². The van der Waals surface area contributed by atoms with Crippen LogP contribution in [0.15, 0.2) is 36.5 Å². The van der Waals surface area contributed by atoms with Gasteiger partial charge < -0.3 is 11.1 Å². The van der Waals surface area contributed by atoms with Crippen LogP contribution < -0.4 is 11.1 Å². The van der Waals surface area contributed by atoms with Gasteiger partial charge in [0.1, 0.15) is 0 Å². The lowest BCUT2D eigenvalue weighted by Gasteiger charge is -2.26. The zero-order valence-electron chi connectivity index (χ0n) is 13.2. The van der Waals surface area contributed by atoms with E-state index in [0.717, 1.165) is 37.1 Å². The van der Waals surface area contributed by atoms with Crippen LogP contribution >= 0.6 is 12.4 Å². The van der Waals surface area contributed by atoms with Gasteiger partial charge in [0.25, 0.3) is 5.91 Å². The second-order valence-corrected chi connectivity index (χ2v) is 5.98. The Kier molecular flexibility index (Phi) is 5.80. The first-order chi connectivity index (χ1) is 10.6. The number of nitrogens with one attached hydrogen (secondary N) is 1. The maximum absolute atomic E-state index is 12.5. The summed E-state index contributed by atoms with van der Waals surface area (Å²) < 4.78 is 1.80. The van der Waals surface area contributed by atoms with E-state index < -0.39 is 0 Å². The van der Waals surface area contributed by atoms with Gasteiger partial charge >= 0.3 is 0 Å². The van der Waals surface area contributed by atoms with Crippen molar-refractivity contribution in [3.8, 4) is 5.69 Å². The van der Waals surface area contributed by atoms with Gasteiger partial charge in [-0.2, -0.15) is 5.10 Å². The Morgan fingerprint density at radius 2 is 1.87 bits per heavy atom. The second-order valence-electron chi connectivity index (χ2n) is 5.98. The summed E-state index contributed by atoms with van der Waals surface area (Å²) in [5.41, 5.74) is 8.36. The van der Waals surface area contributed by atoms with Crippen LogP contribution in [-0.4, -0.2) is 27.8 Å². The number of nitrogens with two attached hydrogens (primary N) is 1. The molecule has 1 saturated carbocycles. The highest BCUT2D eigenvalue weighted by atomic mass is 35.5. The van der Waals surface area contributed by atoms with E-state index in [2.05, 4.69) is 10.4 Å². The van der Waals surface area contributed by atoms with E-state index in [-0.39, 0.29) is 30.4 Å². The molecule has 23 heavy (non-hydrogen) atoms. The maximum Gasteiger partial charge on any atom is 0.254 e. The minimum absolute atomic E-state index is 0. The molecule has 1 aliphatic rings. The molecule has 3 N–H and O–H groups in total. The average Bonchev–Trinajstić information content (AvgIpc) is 2.92. The third kappa shape index (κ3) is 3.92. The van der Waals surface area contributed by atoms with Crippen molar-refractivity contribution in [3.63, 3.8) is 0 Å². The lowest BCUT2D eigenvalue weighted by molar-refractivity contribution is 0.0925. The smallest absolute Gasteiger partial charge is 0.254 e. The summed E-state index contributed by atoms with van der Waals surface area (Å²) in [6.07, 6.45) is 5.52. The number of amides is 1. The molecule has 1 heterocycles. The van der Waals surface area contributed by atoms with Crippen molar-refractivity contribution in [2.75, 3.05) is 0 Å². The monoisotopic (exact) mass is 334 g/mol. The van der Waals surface area contributed by atoms with Crippen molar-refractivity contribution in [1.29, 1.82) is 0 Å².